The number of nitrogens with zero attached hydrogens (tertiary/aromatic N) is 2. The van der Waals surface area contributed by atoms with Crippen LogP contribution in [0.3, 0.4) is 0 Å². The number of carbonyl (C=O) groups excluding carboxylic acids is 1. The minimum atomic E-state index is -0.431. The van der Waals surface area contributed by atoms with Gasteiger partial charge in [-0.25, -0.2) is 9.97 Å². The van der Waals surface area contributed by atoms with Gasteiger partial charge < -0.3 is 15.2 Å². The van der Waals surface area contributed by atoms with Crippen molar-refractivity contribution in [2.24, 2.45) is 0 Å². The third kappa shape index (κ3) is 4.14. The molecule has 1 aromatic heterocycles. The molecule has 0 spiro atoms. The Hall–Kier alpha value is -2.93. The monoisotopic (exact) mass is 441 g/mol. The summed E-state index contributed by atoms with van der Waals surface area (Å²) in [5.41, 5.74) is 9.78. The number of methoxy groups -OCH3 is 1. The molecule has 1 heterocycles. The van der Waals surface area contributed by atoms with E-state index in [0.717, 1.165) is 27.6 Å². The third-order valence-electron chi connectivity index (χ3n) is 4.23. The van der Waals surface area contributed by atoms with Crippen LogP contribution < -0.4 is 15.2 Å². The summed E-state index contributed by atoms with van der Waals surface area (Å²) in [5.74, 6) is 0.714. The minimum Gasteiger partial charge on any atom is -0.496 e. The van der Waals surface area contributed by atoms with Crippen LogP contribution in [0.2, 0.25) is 0 Å². The Kier molecular flexibility index (Phi) is 5.94. The summed E-state index contributed by atoms with van der Waals surface area (Å²) in [6.45, 7) is 3.38. The first-order valence-corrected chi connectivity index (χ1v) is 9.50. The molecule has 2 N–H and O–H groups in total. The summed E-state index contributed by atoms with van der Waals surface area (Å²) < 4.78 is 11.9. The van der Waals surface area contributed by atoms with Crippen LogP contribution in [0.1, 0.15) is 19.4 Å². The van der Waals surface area contributed by atoms with Crippen molar-refractivity contribution in [3.8, 4) is 33.9 Å². The lowest BCUT2D eigenvalue weighted by Crippen LogP contribution is -2.06. The van der Waals surface area contributed by atoms with E-state index in [4.69, 9.17) is 15.2 Å². The van der Waals surface area contributed by atoms with Crippen molar-refractivity contribution in [3.63, 3.8) is 0 Å². The van der Waals surface area contributed by atoms with Gasteiger partial charge in [0.1, 0.15) is 11.5 Å². The predicted octanol–water partition coefficient (Wildman–Crippen LogP) is 4.65. The zero-order valence-corrected chi connectivity index (χ0v) is 17.4. The van der Waals surface area contributed by atoms with Crippen LogP contribution in [0.5, 0.6) is 11.5 Å². The van der Waals surface area contributed by atoms with Crippen LogP contribution in [-0.2, 0) is 11.2 Å². The van der Waals surface area contributed by atoms with Gasteiger partial charge in [0, 0.05) is 34.8 Å². The summed E-state index contributed by atoms with van der Waals surface area (Å²) in [5, 5.41) is 0. The molecule has 7 heteroatoms. The highest BCUT2D eigenvalue weighted by Gasteiger charge is 2.19. The minimum absolute atomic E-state index is 0.138. The molecule has 0 fully saturated rings. The molecule has 0 aliphatic heterocycles. The molecule has 3 aromatic rings. The van der Waals surface area contributed by atoms with Crippen LogP contribution in [-0.4, -0.2) is 23.0 Å². The molecule has 3 rings (SSSR count). The van der Waals surface area contributed by atoms with Crippen molar-refractivity contribution in [2.45, 2.75) is 20.3 Å². The van der Waals surface area contributed by atoms with Gasteiger partial charge in [0.25, 0.3) is 0 Å². The summed E-state index contributed by atoms with van der Waals surface area (Å²) in [4.78, 5) is 20.3. The number of esters is 1. The fourth-order valence-electron chi connectivity index (χ4n) is 2.94. The second-order valence-electron chi connectivity index (χ2n) is 6.10. The van der Waals surface area contributed by atoms with Crippen LogP contribution in [0.15, 0.2) is 47.1 Å². The van der Waals surface area contributed by atoms with Crippen molar-refractivity contribution in [2.75, 3.05) is 12.8 Å². The second-order valence-corrected chi connectivity index (χ2v) is 7.02. The van der Waals surface area contributed by atoms with Crippen molar-refractivity contribution in [1.29, 1.82) is 0 Å². The Morgan fingerprint density at radius 2 is 1.86 bits per heavy atom. The maximum atomic E-state index is 11.7. The standard InChI is InChI=1S/C21H20BrN3O3/c1-4-13-9-16(19(28-12(2)26)10-18(13)27-3)20-17(11-24-21(23)25-20)14-5-7-15(22)8-6-14/h5-11H,4H2,1-3H3,(H2,23,24,25). The van der Waals surface area contributed by atoms with Crippen LogP contribution >= 0.6 is 15.9 Å². The highest BCUT2D eigenvalue weighted by atomic mass is 79.9. The molecule has 0 bridgehead atoms. The average Bonchev–Trinajstić information content (AvgIpc) is 2.68. The summed E-state index contributed by atoms with van der Waals surface area (Å²) in [6, 6.07) is 11.4. The van der Waals surface area contributed by atoms with E-state index in [1.165, 1.54) is 6.92 Å². The van der Waals surface area contributed by atoms with E-state index < -0.39 is 5.97 Å². The summed E-state index contributed by atoms with van der Waals surface area (Å²) >= 11 is 3.44. The molecule has 0 unspecified atom stereocenters. The highest BCUT2D eigenvalue weighted by molar-refractivity contribution is 9.10. The van der Waals surface area contributed by atoms with Gasteiger partial charge in [0.2, 0.25) is 5.95 Å². The number of hydrogen-bond acceptors (Lipinski definition) is 6. The molecule has 28 heavy (non-hydrogen) atoms. The topological polar surface area (TPSA) is 87.3 Å². The number of aromatic nitrogens is 2. The molecule has 2 aromatic carbocycles. The van der Waals surface area contributed by atoms with E-state index in [9.17, 15) is 4.79 Å². The highest BCUT2D eigenvalue weighted by Crippen LogP contribution is 2.40. The van der Waals surface area contributed by atoms with Crippen molar-refractivity contribution >= 4 is 27.8 Å². The number of ether oxygens (including phenoxy) is 2. The van der Waals surface area contributed by atoms with Gasteiger partial charge in [-0.3, -0.25) is 4.79 Å². The van der Waals surface area contributed by atoms with Gasteiger partial charge in [-0.2, -0.15) is 0 Å². The molecule has 6 nitrogen and oxygen atoms in total. The first-order chi connectivity index (χ1) is 13.4. The molecular weight excluding hydrogens is 422 g/mol. The molecule has 144 valence electrons. The number of nitrogen functional groups attached to an aromatic ring is 1. The SMILES string of the molecule is CCc1cc(-c2nc(N)ncc2-c2ccc(Br)cc2)c(OC(C)=O)cc1OC. The molecule has 0 radical (unpaired) electrons. The van der Waals surface area contributed by atoms with E-state index >= 15 is 0 Å². The predicted molar refractivity (Wildman–Crippen MR) is 112 cm³/mol. The number of carbonyl (C=O) groups is 1. The quantitative estimate of drug-likeness (QED) is 0.457. The lowest BCUT2D eigenvalue weighted by molar-refractivity contribution is -0.131. The smallest absolute Gasteiger partial charge is 0.308 e. The maximum absolute atomic E-state index is 11.7. The third-order valence-corrected chi connectivity index (χ3v) is 4.76. The Bertz CT molecular complexity index is 1020. The number of rotatable bonds is 5. The van der Waals surface area contributed by atoms with Gasteiger partial charge in [0.05, 0.1) is 12.8 Å². The summed E-state index contributed by atoms with van der Waals surface area (Å²) in [7, 11) is 1.58. The fraction of sp³-hybridized carbons (Fsp3) is 0.190. The van der Waals surface area contributed by atoms with Crippen molar-refractivity contribution in [1.82, 2.24) is 9.97 Å². The van der Waals surface area contributed by atoms with Crippen LogP contribution in [0.4, 0.5) is 5.95 Å². The zero-order chi connectivity index (χ0) is 20.3. The summed E-state index contributed by atoms with van der Waals surface area (Å²) in [6.07, 6.45) is 2.42. The lowest BCUT2D eigenvalue weighted by atomic mass is 9.97. The maximum Gasteiger partial charge on any atom is 0.308 e. The first-order valence-electron chi connectivity index (χ1n) is 8.71. The number of benzene rings is 2. The van der Waals surface area contributed by atoms with Gasteiger partial charge in [-0.1, -0.05) is 35.0 Å². The van der Waals surface area contributed by atoms with E-state index in [0.29, 0.717) is 22.8 Å². The molecule has 0 aliphatic carbocycles. The number of hydrogen-bond donors (Lipinski definition) is 1. The van der Waals surface area contributed by atoms with E-state index in [1.807, 2.05) is 37.3 Å². The Labute approximate surface area is 171 Å². The van der Waals surface area contributed by atoms with E-state index in [1.54, 1.807) is 19.4 Å². The van der Waals surface area contributed by atoms with Crippen LogP contribution in [0, 0.1) is 0 Å². The number of anilines is 1. The van der Waals surface area contributed by atoms with Gasteiger partial charge >= 0.3 is 5.97 Å². The molecule has 0 saturated heterocycles. The molecular formula is C21H20BrN3O3. The molecule has 0 aliphatic rings. The molecule has 0 atom stereocenters. The largest absolute Gasteiger partial charge is 0.496 e. The second kappa shape index (κ2) is 8.39. The number of nitrogens with two attached hydrogens (primary N) is 1. The lowest BCUT2D eigenvalue weighted by Gasteiger charge is -2.16. The fourth-order valence-corrected chi connectivity index (χ4v) is 3.20. The van der Waals surface area contributed by atoms with E-state index in [2.05, 4.69) is 25.9 Å². The first kappa shape index (κ1) is 19.8. The zero-order valence-electron chi connectivity index (χ0n) is 15.8. The average molecular weight is 442 g/mol. The van der Waals surface area contributed by atoms with E-state index in [-0.39, 0.29) is 5.95 Å². The molecule has 0 amide bonds. The Morgan fingerprint density at radius 3 is 2.46 bits per heavy atom. The van der Waals surface area contributed by atoms with Crippen molar-refractivity contribution in [3.05, 3.63) is 52.6 Å². The van der Waals surface area contributed by atoms with Gasteiger partial charge in [-0.15, -0.1) is 0 Å². The van der Waals surface area contributed by atoms with Crippen molar-refractivity contribution < 1.29 is 14.3 Å². The van der Waals surface area contributed by atoms with Gasteiger partial charge in [0.15, 0.2) is 0 Å². The normalized spacial score (nSPS) is 10.6. The Morgan fingerprint density at radius 1 is 1.14 bits per heavy atom. The molecule has 0 saturated carbocycles. The number of halogens is 1. The van der Waals surface area contributed by atoms with Gasteiger partial charge in [-0.05, 0) is 35.7 Å². The Balaban J connectivity index is 2.28. The van der Waals surface area contributed by atoms with Crippen LogP contribution in [0.25, 0.3) is 22.4 Å². The number of aryl methyl sites for hydroxylation is 1.